The number of hydrogen-bond acceptors (Lipinski definition) is 6. The van der Waals surface area contributed by atoms with Crippen LogP contribution in [0.4, 0.5) is 5.95 Å². The number of nitrogens with zero attached hydrogens (tertiary/aromatic N) is 3. The molecule has 6 rings (SSSR count). The third-order valence-electron chi connectivity index (χ3n) is 5.66. The molecule has 0 saturated carbocycles. The topological polar surface area (TPSA) is 61.2 Å². The van der Waals surface area contributed by atoms with Gasteiger partial charge in [-0.2, -0.15) is 10.1 Å². The summed E-state index contributed by atoms with van der Waals surface area (Å²) in [5.74, 6) is 2.16. The van der Waals surface area contributed by atoms with E-state index in [1.165, 1.54) is 0 Å². The van der Waals surface area contributed by atoms with E-state index in [0.717, 1.165) is 43.2 Å². The molecule has 6 nitrogen and oxygen atoms in total. The molecule has 1 N–H and O–H groups in total. The lowest BCUT2D eigenvalue weighted by atomic mass is 9.86. The Bertz CT molecular complexity index is 1370. The summed E-state index contributed by atoms with van der Waals surface area (Å²) in [4.78, 5) is 5.59. The van der Waals surface area contributed by atoms with Crippen LogP contribution in [0.25, 0.3) is 5.70 Å². The molecule has 0 fully saturated rings. The number of rotatable bonds is 3. The van der Waals surface area contributed by atoms with Gasteiger partial charge in [0.25, 0.3) is 0 Å². The number of aromatic nitrogens is 3. The minimum Gasteiger partial charge on any atom is -0.496 e. The van der Waals surface area contributed by atoms with Crippen molar-refractivity contribution in [2.45, 2.75) is 12.1 Å². The molecule has 4 aromatic rings. The number of ether oxygens (including phenoxy) is 2. The fourth-order valence-corrected chi connectivity index (χ4v) is 5.71. The molecule has 0 aliphatic carbocycles. The second kappa shape index (κ2) is 7.65. The monoisotopic (exact) mass is 526 g/mol. The van der Waals surface area contributed by atoms with Crippen molar-refractivity contribution >= 4 is 50.5 Å². The predicted molar refractivity (Wildman–Crippen MR) is 129 cm³/mol. The van der Waals surface area contributed by atoms with E-state index < -0.39 is 6.10 Å². The molecule has 2 aliphatic rings. The average molecular weight is 528 g/mol. The maximum Gasteiger partial charge on any atom is 0.226 e. The van der Waals surface area contributed by atoms with Crippen LogP contribution < -0.4 is 14.8 Å². The summed E-state index contributed by atoms with van der Waals surface area (Å²) in [7, 11) is 1.67. The van der Waals surface area contributed by atoms with Crippen LogP contribution in [-0.4, -0.2) is 21.9 Å². The molecule has 0 amide bonds. The molecule has 4 heterocycles. The standard InChI is InChI=1S/C23H16BrClN4O2S/c1-30-16-6-4-12(24)9-15(16)22-19-20(14-10-13(25)5-7-17(14)31-22)28-23-26-11-27-29(23)21(19)18-3-2-8-32-18/h2-11,21-22H,1H3,(H,26,27,28)/t21-,22-/m0/s1. The summed E-state index contributed by atoms with van der Waals surface area (Å²) in [6, 6.07) is 15.6. The van der Waals surface area contributed by atoms with Crippen molar-refractivity contribution in [3.8, 4) is 11.5 Å². The molecule has 2 aliphatic heterocycles. The average Bonchev–Trinajstić information content (AvgIpc) is 3.49. The highest BCUT2D eigenvalue weighted by molar-refractivity contribution is 9.10. The summed E-state index contributed by atoms with van der Waals surface area (Å²) in [6.45, 7) is 0. The first-order chi connectivity index (χ1) is 15.6. The summed E-state index contributed by atoms with van der Waals surface area (Å²) >= 11 is 11.7. The number of methoxy groups -OCH3 is 1. The number of hydrogen-bond donors (Lipinski definition) is 1. The van der Waals surface area contributed by atoms with Gasteiger partial charge in [0.2, 0.25) is 5.95 Å². The molecular formula is C23H16BrClN4O2S. The number of halogens is 2. The SMILES string of the molecule is COc1ccc(Br)cc1[C@@H]1Oc2ccc(Cl)cc2C2=C1[C@H](c1cccs1)n1ncnc1N2. The van der Waals surface area contributed by atoms with Crippen LogP contribution in [0.2, 0.25) is 5.02 Å². The molecule has 0 bridgehead atoms. The highest BCUT2D eigenvalue weighted by Crippen LogP contribution is 2.52. The zero-order chi connectivity index (χ0) is 21.8. The second-order valence-corrected chi connectivity index (χ2v) is 9.76. The number of thiophene rings is 1. The van der Waals surface area contributed by atoms with Crippen molar-refractivity contribution in [2.75, 3.05) is 12.4 Å². The Labute approximate surface area is 201 Å². The van der Waals surface area contributed by atoms with Gasteiger partial charge >= 0.3 is 0 Å². The third kappa shape index (κ3) is 3.05. The van der Waals surface area contributed by atoms with Crippen LogP contribution in [0.5, 0.6) is 11.5 Å². The Morgan fingerprint density at radius 1 is 1.22 bits per heavy atom. The van der Waals surface area contributed by atoms with E-state index in [1.54, 1.807) is 24.8 Å². The molecule has 32 heavy (non-hydrogen) atoms. The predicted octanol–water partition coefficient (Wildman–Crippen LogP) is 6.32. The normalized spacial score (nSPS) is 18.8. The van der Waals surface area contributed by atoms with Gasteiger partial charge < -0.3 is 14.8 Å². The number of anilines is 1. The van der Waals surface area contributed by atoms with Gasteiger partial charge in [-0.25, -0.2) is 4.68 Å². The van der Waals surface area contributed by atoms with Crippen molar-refractivity contribution in [3.05, 3.63) is 91.3 Å². The lowest BCUT2D eigenvalue weighted by molar-refractivity contribution is 0.218. The fourth-order valence-electron chi connectivity index (χ4n) is 4.33. The first-order valence-electron chi connectivity index (χ1n) is 9.88. The summed E-state index contributed by atoms with van der Waals surface area (Å²) < 4.78 is 15.2. The second-order valence-electron chi connectivity index (χ2n) is 7.43. The Hall–Kier alpha value is -2.81. The van der Waals surface area contributed by atoms with Gasteiger partial charge in [0, 0.05) is 31.1 Å². The number of fused-ring (bicyclic) bond motifs is 3. The third-order valence-corrected chi connectivity index (χ3v) is 7.32. The highest BCUT2D eigenvalue weighted by Gasteiger charge is 2.42. The fraction of sp³-hybridized carbons (Fsp3) is 0.130. The Kier molecular flexibility index (Phi) is 4.74. The lowest BCUT2D eigenvalue weighted by Crippen LogP contribution is -2.32. The van der Waals surface area contributed by atoms with Crippen molar-refractivity contribution in [3.63, 3.8) is 0 Å². The van der Waals surface area contributed by atoms with Gasteiger partial charge in [0.15, 0.2) is 6.10 Å². The van der Waals surface area contributed by atoms with Crippen LogP contribution in [0, 0.1) is 0 Å². The maximum absolute atomic E-state index is 6.65. The molecule has 2 aromatic heterocycles. The van der Waals surface area contributed by atoms with E-state index in [-0.39, 0.29) is 6.04 Å². The smallest absolute Gasteiger partial charge is 0.226 e. The van der Waals surface area contributed by atoms with E-state index >= 15 is 0 Å². The van der Waals surface area contributed by atoms with Gasteiger partial charge in [0.1, 0.15) is 23.9 Å². The van der Waals surface area contributed by atoms with Crippen molar-refractivity contribution in [2.24, 2.45) is 0 Å². The highest BCUT2D eigenvalue weighted by atomic mass is 79.9. The van der Waals surface area contributed by atoms with Crippen molar-refractivity contribution in [1.82, 2.24) is 14.8 Å². The van der Waals surface area contributed by atoms with Gasteiger partial charge in [-0.1, -0.05) is 33.6 Å². The van der Waals surface area contributed by atoms with Crippen molar-refractivity contribution in [1.29, 1.82) is 0 Å². The minimum absolute atomic E-state index is 0.190. The summed E-state index contributed by atoms with van der Waals surface area (Å²) in [5.41, 5.74) is 3.77. The van der Waals surface area contributed by atoms with Crippen molar-refractivity contribution < 1.29 is 9.47 Å². The van der Waals surface area contributed by atoms with Crippen LogP contribution in [0.15, 0.2) is 70.3 Å². The number of nitrogens with one attached hydrogen (secondary N) is 1. The van der Waals surface area contributed by atoms with Gasteiger partial charge in [-0.3, -0.25) is 0 Å². The van der Waals surface area contributed by atoms with Crippen LogP contribution in [0.1, 0.15) is 28.1 Å². The first kappa shape index (κ1) is 19.8. The molecule has 2 aromatic carbocycles. The number of benzene rings is 2. The Balaban J connectivity index is 1.66. The zero-order valence-electron chi connectivity index (χ0n) is 16.8. The van der Waals surface area contributed by atoms with Crippen LogP contribution in [-0.2, 0) is 0 Å². The molecule has 2 atom stereocenters. The van der Waals surface area contributed by atoms with E-state index in [0.29, 0.717) is 11.0 Å². The first-order valence-corrected chi connectivity index (χ1v) is 11.9. The molecule has 0 spiro atoms. The molecule has 0 radical (unpaired) electrons. The quantitative estimate of drug-likeness (QED) is 0.338. The Morgan fingerprint density at radius 2 is 2.12 bits per heavy atom. The van der Waals surface area contributed by atoms with E-state index in [9.17, 15) is 0 Å². The maximum atomic E-state index is 6.65. The van der Waals surface area contributed by atoms with Gasteiger partial charge in [0.05, 0.1) is 12.8 Å². The van der Waals surface area contributed by atoms with E-state index in [2.05, 4.69) is 42.8 Å². The van der Waals surface area contributed by atoms with Gasteiger partial charge in [-0.05, 0) is 47.8 Å². The molecule has 0 saturated heterocycles. The zero-order valence-corrected chi connectivity index (χ0v) is 19.9. The van der Waals surface area contributed by atoms with E-state index in [1.807, 2.05) is 47.1 Å². The van der Waals surface area contributed by atoms with Crippen LogP contribution >= 0.6 is 38.9 Å². The summed E-state index contributed by atoms with van der Waals surface area (Å²) in [6.07, 6.45) is 1.15. The van der Waals surface area contributed by atoms with Gasteiger partial charge in [-0.15, -0.1) is 11.3 Å². The summed E-state index contributed by atoms with van der Waals surface area (Å²) in [5, 5.41) is 10.7. The molecule has 9 heteroatoms. The Morgan fingerprint density at radius 3 is 2.94 bits per heavy atom. The minimum atomic E-state index is -0.414. The molecule has 0 unspecified atom stereocenters. The van der Waals surface area contributed by atoms with Crippen LogP contribution in [0.3, 0.4) is 0 Å². The molecular weight excluding hydrogens is 512 g/mol. The van der Waals surface area contributed by atoms with E-state index in [4.69, 9.17) is 21.1 Å². The largest absolute Gasteiger partial charge is 0.496 e. The molecule has 160 valence electrons. The lowest BCUT2D eigenvalue weighted by Gasteiger charge is -2.38.